The van der Waals surface area contributed by atoms with Crippen molar-refractivity contribution < 1.29 is 4.79 Å². The number of benzene rings is 1. The van der Waals surface area contributed by atoms with E-state index in [9.17, 15) is 4.79 Å². The molecule has 1 aromatic carbocycles. The number of anilines is 1. The van der Waals surface area contributed by atoms with Crippen LogP contribution in [0.5, 0.6) is 0 Å². The molecule has 3 aromatic rings. The van der Waals surface area contributed by atoms with Gasteiger partial charge in [-0.05, 0) is 35.8 Å². The molecule has 1 aliphatic heterocycles. The van der Waals surface area contributed by atoms with Crippen LogP contribution in [0.15, 0.2) is 48.0 Å². The molecule has 7 heteroatoms. The molecule has 0 radical (unpaired) electrons. The average molecular weight is 406 g/mol. The summed E-state index contributed by atoms with van der Waals surface area (Å²) in [6.45, 7) is 3.10. The molecule has 0 unspecified atom stereocenters. The molecule has 0 saturated heterocycles. The lowest BCUT2D eigenvalue weighted by Gasteiger charge is -2.25. The fourth-order valence-corrected chi connectivity index (χ4v) is 5.43. The van der Waals surface area contributed by atoms with Crippen molar-refractivity contribution >= 4 is 34.5 Å². The molecule has 2 aromatic heterocycles. The van der Waals surface area contributed by atoms with E-state index < -0.39 is 0 Å². The molecule has 0 fully saturated rings. The Balaban J connectivity index is 1.28. The van der Waals surface area contributed by atoms with Crippen molar-refractivity contribution in [3.63, 3.8) is 0 Å². The third kappa shape index (κ3) is 3.44. The number of H-pyrrole nitrogens is 1. The summed E-state index contributed by atoms with van der Waals surface area (Å²) < 4.78 is 0. The first-order chi connectivity index (χ1) is 14.2. The molecule has 0 spiro atoms. The third-order valence-corrected chi connectivity index (χ3v) is 7.12. The number of hydrogen-bond acceptors (Lipinski definition) is 6. The predicted octanol–water partition coefficient (Wildman–Crippen LogP) is 4.07. The second-order valence-corrected chi connectivity index (χ2v) is 8.88. The van der Waals surface area contributed by atoms with Gasteiger partial charge in [0.05, 0.1) is 11.2 Å². The average Bonchev–Trinajstić information content (AvgIpc) is 3.37. The molecule has 1 aliphatic carbocycles. The van der Waals surface area contributed by atoms with Gasteiger partial charge in [0.1, 0.15) is 11.8 Å². The van der Waals surface area contributed by atoms with Crippen molar-refractivity contribution in [2.24, 2.45) is 5.92 Å². The molecule has 148 valence electrons. The number of ketones is 1. The second kappa shape index (κ2) is 7.63. The standard InChI is InChI=1S/C22H23N5OS/c1-14-15(10-16-4-2-3-5-17(14)16)6-7-18(28)19-11-27(8-9-29-19)22-20-21(24-12-23-20)25-13-26-22/h2-5,11-15H,6-10H2,1H3,(H,23,24,25,26)/t14-,15+/m1/s1. The number of carbonyl (C=O) groups is 1. The van der Waals surface area contributed by atoms with Gasteiger partial charge in [0.2, 0.25) is 0 Å². The minimum Gasteiger partial charge on any atom is -0.340 e. The number of thioether (sulfide) groups is 1. The van der Waals surface area contributed by atoms with E-state index in [1.165, 1.54) is 17.5 Å². The summed E-state index contributed by atoms with van der Waals surface area (Å²) >= 11 is 1.65. The number of nitrogens with zero attached hydrogens (tertiary/aromatic N) is 4. The van der Waals surface area contributed by atoms with Gasteiger partial charge in [0.15, 0.2) is 17.2 Å². The zero-order chi connectivity index (χ0) is 19.8. The number of hydrogen-bond donors (Lipinski definition) is 1. The smallest absolute Gasteiger partial charge is 0.182 e. The number of nitrogens with one attached hydrogen (secondary N) is 1. The van der Waals surface area contributed by atoms with Gasteiger partial charge < -0.3 is 9.88 Å². The highest BCUT2D eigenvalue weighted by molar-refractivity contribution is 8.04. The first kappa shape index (κ1) is 18.4. The first-order valence-electron chi connectivity index (χ1n) is 10.1. The Morgan fingerprint density at radius 3 is 3.07 bits per heavy atom. The Labute approximate surface area is 173 Å². The largest absolute Gasteiger partial charge is 0.340 e. The molecule has 0 amide bonds. The molecule has 2 atom stereocenters. The van der Waals surface area contributed by atoms with Crippen LogP contribution in [-0.4, -0.2) is 38.0 Å². The van der Waals surface area contributed by atoms with Crippen LogP contribution in [0.3, 0.4) is 0 Å². The number of aromatic nitrogens is 4. The Bertz CT molecular complexity index is 1090. The quantitative estimate of drug-likeness (QED) is 0.690. The van der Waals surface area contributed by atoms with Crippen LogP contribution in [0, 0.1) is 5.92 Å². The lowest BCUT2D eigenvalue weighted by atomic mass is 9.90. The van der Waals surface area contributed by atoms with Crippen LogP contribution in [0.1, 0.15) is 36.8 Å². The fraction of sp³-hybridized carbons (Fsp3) is 0.364. The monoisotopic (exact) mass is 405 g/mol. The van der Waals surface area contributed by atoms with E-state index in [2.05, 4.69) is 51.1 Å². The predicted molar refractivity (Wildman–Crippen MR) is 116 cm³/mol. The van der Waals surface area contributed by atoms with Gasteiger partial charge in [0.25, 0.3) is 0 Å². The zero-order valence-corrected chi connectivity index (χ0v) is 17.2. The van der Waals surface area contributed by atoms with Crippen LogP contribution in [0.2, 0.25) is 0 Å². The topological polar surface area (TPSA) is 74.8 Å². The van der Waals surface area contributed by atoms with Gasteiger partial charge in [-0.2, -0.15) is 0 Å². The number of fused-ring (bicyclic) bond motifs is 2. The molecular weight excluding hydrogens is 382 g/mol. The Morgan fingerprint density at radius 2 is 2.17 bits per heavy atom. The van der Waals surface area contributed by atoms with Crippen LogP contribution in [0.25, 0.3) is 11.2 Å². The van der Waals surface area contributed by atoms with E-state index in [-0.39, 0.29) is 5.78 Å². The molecule has 29 heavy (non-hydrogen) atoms. The van der Waals surface area contributed by atoms with E-state index in [4.69, 9.17) is 0 Å². The van der Waals surface area contributed by atoms with Crippen LogP contribution < -0.4 is 4.90 Å². The highest BCUT2D eigenvalue weighted by Crippen LogP contribution is 2.40. The van der Waals surface area contributed by atoms with E-state index in [0.717, 1.165) is 41.4 Å². The maximum atomic E-state index is 13.0. The number of rotatable bonds is 5. The van der Waals surface area contributed by atoms with E-state index >= 15 is 0 Å². The highest BCUT2D eigenvalue weighted by atomic mass is 32.2. The van der Waals surface area contributed by atoms with Crippen molar-refractivity contribution in [3.8, 4) is 0 Å². The number of carbonyl (C=O) groups excluding carboxylic acids is 1. The summed E-state index contributed by atoms with van der Waals surface area (Å²) in [7, 11) is 0. The summed E-state index contributed by atoms with van der Waals surface area (Å²) in [5, 5.41) is 0. The number of imidazole rings is 1. The first-order valence-corrected chi connectivity index (χ1v) is 11.1. The molecule has 0 saturated carbocycles. The van der Waals surface area contributed by atoms with Crippen LogP contribution >= 0.6 is 11.8 Å². The number of Topliss-reactive ketones (excluding diaryl/α,β-unsaturated/α-hetero) is 1. The SMILES string of the molecule is C[C@H]1c2ccccc2C[C@@H]1CCC(=O)C1=CN(c2ncnc3nc[nH]c23)CCS1. The maximum Gasteiger partial charge on any atom is 0.182 e. The van der Waals surface area contributed by atoms with Crippen LogP contribution in [0.4, 0.5) is 5.82 Å². The van der Waals surface area contributed by atoms with Crippen LogP contribution in [-0.2, 0) is 11.2 Å². The maximum absolute atomic E-state index is 13.0. The third-order valence-electron chi connectivity index (χ3n) is 6.09. The zero-order valence-electron chi connectivity index (χ0n) is 16.3. The van der Waals surface area contributed by atoms with Crippen molar-refractivity contribution in [1.29, 1.82) is 0 Å². The minimum absolute atomic E-state index is 0.234. The van der Waals surface area contributed by atoms with E-state index in [1.54, 1.807) is 18.1 Å². The molecule has 5 rings (SSSR count). The van der Waals surface area contributed by atoms with Gasteiger partial charge in [0, 0.05) is 24.9 Å². The molecule has 2 aliphatic rings. The highest BCUT2D eigenvalue weighted by Gasteiger charge is 2.29. The number of allylic oxidation sites excluding steroid dienone is 1. The van der Waals surface area contributed by atoms with Gasteiger partial charge in [-0.15, -0.1) is 11.8 Å². The van der Waals surface area contributed by atoms with Gasteiger partial charge in [-0.3, -0.25) is 4.79 Å². The fourth-order valence-electron chi connectivity index (χ4n) is 4.46. The van der Waals surface area contributed by atoms with Crippen molar-refractivity contribution in [3.05, 3.63) is 59.2 Å². The Morgan fingerprint density at radius 1 is 1.28 bits per heavy atom. The Hall–Kier alpha value is -2.67. The normalized spacial score (nSPS) is 21.3. The van der Waals surface area contributed by atoms with Gasteiger partial charge in [-0.25, -0.2) is 15.0 Å². The van der Waals surface area contributed by atoms with Gasteiger partial charge >= 0.3 is 0 Å². The van der Waals surface area contributed by atoms with Crippen molar-refractivity contribution in [2.75, 3.05) is 17.2 Å². The molecule has 6 nitrogen and oxygen atoms in total. The van der Waals surface area contributed by atoms with E-state index in [0.29, 0.717) is 23.9 Å². The minimum atomic E-state index is 0.234. The summed E-state index contributed by atoms with van der Waals surface area (Å²) in [5.41, 5.74) is 4.35. The summed E-state index contributed by atoms with van der Waals surface area (Å²) in [6.07, 6.45) is 7.71. The molecule has 0 bridgehead atoms. The second-order valence-electron chi connectivity index (χ2n) is 7.75. The van der Waals surface area contributed by atoms with Gasteiger partial charge in [-0.1, -0.05) is 31.2 Å². The molecular formula is C22H23N5OS. The Kier molecular flexibility index (Phi) is 4.83. The van der Waals surface area contributed by atoms with Crippen molar-refractivity contribution in [1.82, 2.24) is 19.9 Å². The summed E-state index contributed by atoms with van der Waals surface area (Å²) in [6, 6.07) is 8.69. The lowest BCUT2D eigenvalue weighted by Crippen LogP contribution is -2.26. The van der Waals surface area contributed by atoms with E-state index in [1.807, 2.05) is 11.1 Å². The molecule has 1 N–H and O–H groups in total. The number of aromatic amines is 1. The summed E-state index contributed by atoms with van der Waals surface area (Å²) in [4.78, 5) is 31.7. The lowest BCUT2D eigenvalue weighted by molar-refractivity contribution is -0.115. The molecule has 3 heterocycles. The summed E-state index contributed by atoms with van der Waals surface area (Å²) in [5.74, 6) is 2.95. The van der Waals surface area contributed by atoms with Crippen molar-refractivity contribution in [2.45, 2.75) is 32.1 Å².